The van der Waals surface area contributed by atoms with Crippen molar-refractivity contribution in [1.29, 1.82) is 0 Å². The largest absolute Gasteiger partial charge is 0.322 e. The fraction of sp³-hybridized carbons (Fsp3) is 0.320. The molecule has 152 valence electrons. The second-order valence-electron chi connectivity index (χ2n) is 8.83. The van der Waals surface area contributed by atoms with Crippen molar-refractivity contribution in [3.8, 4) is 0 Å². The van der Waals surface area contributed by atoms with Gasteiger partial charge in [-0.3, -0.25) is 14.4 Å². The van der Waals surface area contributed by atoms with Crippen LogP contribution in [0.1, 0.15) is 34.8 Å². The van der Waals surface area contributed by atoms with Gasteiger partial charge in [0.1, 0.15) is 0 Å². The Morgan fingerprint density at radius 3 is 2.37 bits per heavy atom. The molecular formula is C25H24N2O3. The highest BCUT2D eigenvalue weighted by atomic mass is 16.2. The molecule has 0 aromatic heterocycles. The minimum absolute atomic E-state index is 0.137. The number of anilines is 2. The lowest BCUT2D eigenvalue weighted by atomic mass is 9.82. The summed E-state index contributed by atoms with van der Waals surface area (Å²) in [7, 11) is 0. The summed E-state index contributed by atoms with van der Waals surface area (Å²) in [5.41, 5.74) is 4.71. The molecule has 2 aromatic rings. The molecular weight excluding hydrogens is 376 g/mol. The van der Waals surface area contributed by atoms with Crippen molar-refractivity contribution >= 4 is 29.1 Å². The number of hydrogen-bond acceptors (Lipinski definition) is 3. The van der Waals surface area contributed by atoms with Gasteiger partial charge in [-0.1, -0.05) is 29.8 Å². The van der Waals surface area contributed by atoms with E-state index in [4.69, 9.17) is 0 Å². The Kier molecular flexibility index (Phi) is 4.17. The van der Waals surface area contributed by atoms with E-state index in [1.165, 1.54) is 10.5 Å². The molecule has 0 spiro atoms. The number of carbonyl (C=O) groups excluding carboxylic acids is 3. The van der Waals surface area contributed by atoms with Crippen LogP contribution in [-0.4, -0.2) is 17.7 Å². The van der Waals surface area contributed by atoms with E-state index in [9.17, 15) is 14.4 Å². The number of amides is 3. The zero-order chi connectivity index (χ0) is 21.2. The van der Waals surface area contributed by atoms with Crippen LogP contribution in [0.4, 0.5) is 11.4 Å². The zero-order valence-corrected chi connectivity index (χ0v) is 17.3. The van der Waals surface area contributed by atoms with Crippen molar-refractivity contribution in [1.82, 2.24) is 0 Å². The van der Waals surface area contributed by atoms with Crippen LogP contribution in [0.15, 0.2) is 54.1 Å². The first kappa shape index (κ1) is 18.8. The molecule has 5 rings (SSSR count). The average molecular weight is 400 g/mol. The lowest BCUT2D eigenvalue weighted by Gasteiger charge is -2.20. The molecule has 5 nitrogen and oxygen atoms in total. The van der Waals surface area contributed by atoms with E-state index >= 15 is 0 Å². The number of aryl methyl sites for hydroxylation is 2. The first-order chi connectivity index (χ1) is 14.3. The number of nitrogens with zero attached hydrogens (tertiary/aromatic N) is 1. The molecule has 2 bridgehead atoms. The Labute approximate surface area is 175 Å². The molecule has 0 unspecified atom stereocenters. The summed E-state index contributed by atoms with van der Waals surface area (Å²) in [4.78, 5) is 40.9. The van der Waals surface area contributed by atoms with E-state index in [1.54, 1.807) is 24.3 Å². The maximum absolute atomic E-state index is 13.3. The Balaban J connectivity index is 1.48. The summed E-state index contributed by atoms with van der Waals surface area (Å²) in [6.45, 7) is 6.00. The van der Waals surface area contributed by atoms with Crippen LogP contribution in [0.5, 0.6) is 0 Å². The van der Waals surface area contributed by atoms with E-state index in [-0.39, 0.29) is 41.4 Å². The second kappa shape index (κ2) is 6.66. The Morgan fingerprint density at radius 2 is 1.63 bits per heavy atom. The molecule has 1 heterocycles. The van der Waals surface area contributed by atoms with E-state index in [1.807, 2.05) is 39.0 Å². The van der Waals surface area contributed by atoms with Gasteiger partial charge in [0.25, 0.3) is 5.91 Å². The summed E-state index contributed by atoms with van der Waals surface area (Å²) in [6.07, 6.45) is 3.04. The number of rotatable bonds is 3. The zero-order valence-electron chi connectivity index (χ0n) is 17.3. The number of nitrogens with one attached hydrogen (secondary N) is 1. The molecule has 3 amide bonds. The highest BCUT2D eigenvalue weighted by Crippen LogP contribution is 2.56. The third-order valence-electron chi connectivity index (χ3n) is 6.75. The van der Waals surface area contributed by atoms with Gasteiger partial charge in [-0.2, -0.15) is 0 Å². The van der Waals surface area contributed by atoms with Crippen LogP contribution in [-0.2, 0) is 9.59 Å². The fourth-order valence-electron chi connectivity index (χ4n) is 5.62. The third kappa shape index (κ3) is 2.72. The molecule has 1 saturated heterocycles. The van der Waals surface area contributed by atoms with Gasteiger partial charge in [0, 0.05) is 5.69 Å². The third-order valence-corrected chi connectivity index (χ3v) is 6.75. The van der Waals surface area contributed by atoms with Gasteiger partial charge in [-0.05, 0) is 74.4 Å². The standard InChI is InChI=1S/C25H24N2O3/c1-13-8-14(2)10-17(9-13)26-23(28)18-6-4-5-7-20(18)27-24(29)21-16-11-15(3)19(12-16)22(21)25(27)30/h4-11,16,19,21-22H,12H2,1-3H3,(H,26,28)/t16-,19-,21-,22+/m0/s1. The minimum Gasteiger partial charge on any atom is -0.322 e. The summed E-state index contributed by atoms with van der Waals surface area (Å²) in [5.74, 6) is -0.963. The summed E-state index contributed by atoms with van der Waals surface area (Å²) in [5, 5.41) is 2.92. The van der Waals surface area contributed by atoms with Crippen molar-refractivity contribution in [2.24, 2.45) is 23.7 Å². The molecule has 1 aliphatic heterocycles. The van der Waals surface area contributed by atoms with E-state index in [2.05, 4.69) is 11.4 Å². The molecule has 30 heavy (non-hydrogen) atoms. The lowest BCUT2D eigenvalue weighted by Crippen LogP contribution is -2.34. The SMILES string of the molecule is CC1=C[C@H]2C[C@@H]1[C@H]1C(=O)N(c3ccccc3C(=O)Nc3cc(C)cc(C)c3)C(=O)[C@H]12. The molecule has 1 saturated carbocycles. The molecule has 3 aliphatic rings. The Hall–Kier alpha value is -3.21. The number of hydrogen-bond donors (Lipinski definition) is 1. The van der Waals surface area contributed by atoms with Gasteiger partial charge in [0.2, 0.25) is 11.8 Å². The summed E-state index contributed by atoms with van der Waals surface area (Å²) in [6, 6.07) is 12.7. The summed E-state index contributed by atoms with van der Waals surface area (Å²) >= 11 is 0. The van der Waals surface area contributed by atoms with Crippen molar-refractivity contribution in [2.45, 2.75) is 27.2 Å². The van der Waals surface area contributed by atoms with Gasteiger partial charge >= 0.3 is 0 Å². The maximum atomic E-state index is 13.3. The average Bonchev–Trinajstić information content (AvgIpc) is 3.31. The van der Waals surface area contributed by atoms with Crippen LogP contribution < -0.4 is 10.2 Å². The van der Waals surface area contributed by atoms with Crippen molar-refractivity contribution in [2.75, 3.05) is 10.2 Å². The highest BCUT2D eigenvalue weighted by molar-refractivity contribution is 6.25. The number of carbonyl (C=O) groups is 3. The summed E-state index contributed by atoms with van der Waals surface area (Å²) < 4.78 is 0. The number of imide groups is 1. The molecule has 2 aliphatic carbocycles. The Morgan fingerprint density at radius 1 is 0.967 bits per heavy atom. The topological polar surface area (TPSA) is 66.5 Å². The normalized spacial score (nSPS) is 26.8. The lowest BCUT2D eigenvalue weighted by molar-refractivity contribution is -0.123. The number of para-hydroxylation sites is 1. The van der Waals surface area contributed by atoms with Crippen LogP contribution in [0.2, 0.25) is 0 Å². The van der Waals surface area contributed by atoms with E-state index < -0.39 is 0 Å². The minimum atomic E-state index is -0.328. The molecule has 2 aromatic carbocycles. The van der Waals surface area contributed by atoms with E-state index in [0.29, 0.717) is 16.9 Å². The molecule has 4 atom stereocenters. The van der Waals surface area contributed by atoms with Gasteiger partial charge in [0.15, 0.2) is 0 Å². The van der Waals surface area contributed by atoms with E-state index in [0.717, 1.165) is 17.5 Å². The molecule has 5 heteroatoms. The van der Waals surface area contributed by atoms with Crippen molar-refractivity contribution in [3.63, 3.8) is 0 Å². The number of benzene rings is 2. The Bertz CT molecular complexity index is 1110. The predicted molar refractivity (Wildman–Crippen MR) is 115 cm³/mol. The quantitative estimate of drug-likeness (QED) is 0.618. The van der Waals surface area contributed by atoms with Gasteiger partial charge in [-0.25, -0.2) is 4.90 Å². The number of fused-ring (bicyclic) bond motifs is 5. The van der Waals surface area contributed by atoms with Crippen molar-refractivity contribution in [3.05, 3.63) is 70.8 Å². The first-order valence-electron chi connectivity index (χ1n) is 10.4. The predicted octanol–water partition coefficient (Wildman–Crippen LogP) is 4.26. The van der Waals surface area contributed by atoms with Crippen LogP contribution in [0.25, 0.3) is 0 Å². The van der Waals surface area contributed by atoms with Gasteiger partial charge in [-0.15, -0.1) is 0 Å². The van der Waals surface area contributed by atoms with Crippen LogP contribution >= 0.6 is 0 Å². The second-order valence-corrected chi connectivity index (χ2v) is 8.83. The first-order valence-corrected chi connectivity index (χ1v) is 10.4. The molecule has 1 N–H and O–H groups in total. The fourth-order valence-corrected chi connectivity index (χ4v) is 5.62. The molecule has 2 fully saturated rings. The number of allylic oxidation sites excluding steroid dienone is 2. The monoisotopic (exact) mass is 400 g/mol. The van der Waals surface area contributed by atoms with Crippen LogP contribution in [0.3, 0.4) is 0 Å². The smallest absolute Gasteiger partial charge is 0.257 e. The van der Waals surface area contributed by atoms with Gasteiger partial charge < -0.3 is 5.32 Å². The van der Waals surface area contributed by atoms with Gasteiger partial charge in [0.05, 0.1) is 23.1 Å². The van der Waals surface area contributed by atoms with Crippen LogP contribution in [0, 0.1) is 37.5 Å². The highest BCUT2D eigenvalue weighted by Gasteiger charge is 2.61. The van der Waals surface area contributed by atoms with Crippen molar-refractivity contribution < 1.29 is 14.4 Å². The maximum Gasteiger partial charge on any atom is 0.257 e. The molecule has 0 radical (unpaired) electrons.